The number of amides is 1. The molecule has 3 N–H and O–H groups in total. The number of aromatic nitrogens is 2. The molecule has 0 aliphatic heterocycles. The number of benzene rings is 2. The molecule has 0 saturated heterocycles. The van der Waals surface area contributed by atoms with Crippen molar-refractivity contribution in [3.63, 3.8) is 0 Å². The van der Waals surface area contributed by atoms with E-state index in [-0.39, 0.29) is 16.5 Å². The predicted octanol–water partition coefficient (Wildman–Crippen LogP) is 3.76. The van der Waals surface area contributed by atoms with Crippen LogP contribution < -0.4 is 10.5 Å². The van der Waals surface area contributed by atoms with Crippen LogP contribution in [0.25, 0.3) is 16.9 Å². The van der Waals surface area contributed by atoms with Gasteiger partial charge in [0.15, 0.2) is 5.69 Å². The molecule has 30 heavy (non-hydrogen) atoms. The molecule has 0 spiro atoms. The molecule has 0 unspecified atom stereocenters. The Morgan fingerprint density at radius 1 is 1.10 bits per heavy atom. The highest BCUT2D eigenvalue weighted by atomic mass is 35.5. The highest BCUT2D eigenvalue weighted by Crippen LogP contribution is 2.26. The molecule has 3 rings (SSSR count). The molecule has 0 bridgehead atoms. The fraction of sp³-hybridized carbons (Fsp3) is 0.238. The lowest BCUT2D eigenvalue weighted by molar-refractivity contribution is 0.0947. The van der Waals surface area contributed by atoms with Gasteiger partial charge in [-0.1, -0.05) is 43.5 Å². The third-order valence-corrected chi connectivity index (χ3v) is 5.74. The molecule has 0 atom stereocenters. The molecular formula is C21H23ClN4O3S. The minimum absolute atomic E-state index is 0.000315. The van der Waals surface area contributed by atoms with E-state index in [0.717, 1.165) is 24.8 Å². The number of nitrogens with two attached hydrogens (primary N) is 1. The number of hydrogen-bond acceptors (Lipinski definition) is 4. The van der Waals surface area contributed by atoms with Crippen molar-refractivity contribution in [3.8, 4) is 16.9 Å². The molecule has 1 aromatic heterocycles. The molecule has 1 heterocycles. The average molecular weight is 447 g/mol. The fourth-order valence-corrected chi connectivity index (χ4v) is 3.60. The highest BCUT2D eigenvalue weighted by molar-refractivity contribution is 7.89. The van der Waals surface area contributed by atoms with Crippen LogP contribution in [0.5, 0.6) is 0 Å². The molecule has 0 aliphatic rings. The van der Waals surface area contributed by atoms with Gasteiger partial charge in [0, 0.05) is 17.1 Å². The number of sulfonamides is 1. The van der Waals surface area contributed by atoms with E-state index in [4.69, 9.17) is 16.7 Å². The molecular weight excluding hydrogens is 424 g/mol. The van der Waals surface area contributed by atoms with E-state index in [0.29, 0.717) is 22.9 Å². The van der Waals surface area contributed by atoms with Gasteiger partial charge in [-0.05, 0) is 48.9 Å². The normalized spacial score (nSPS) is 11.4. The van der Waals surface area contributed by atoms with E-state index in [1.54, 1.807) is 35.0 Å². The summed E-state index contributed by atoms with van der Waals surface area (Å²) in [6, 6.07) is 14.9. The quantitative estimate of drug-likeness (QED) is 0.513. The summed E-state index contributed by atoms with van der Waals surface area (Å²) in [6.07, 6.45) is 3.02. The zero-order valence-corrected chi connectivity index (χ0v) is 18.1. The monoisotopic (exact) mass is 446 g/mol. The minimum Gasteiger partial charge on any atom is -0.351 e. The van der Waals surface area contributed by atoms with E-state index < -0.39 is 10.0 Å². The van der Waals surface area contributed by atoms with Gasteiger partial charge in [0.25, 0.3) is 5.91 Å². The second-order valence-corrected chi connectivity index (χ2v) is 8.83. The number of nitrogens with zero attached hydrogens (tertiary/aromatic N) is 2. The number of nitrogens with one attached hydrogen (secondary N) is 1. The van der Waals surface area contributed by atoms with Crippen LogP contribution in [0.4, 0.5) is 0 Å². The Morgan fingerprint density at radius 2 is 1.77 bits per heavy atom. The summed E-state index contributed by atoms with van der Waals surface area (Å²) in [6.45, 7) is 2.68. The van der Waals surface area contributed by atoms with Crippen molar-refractivity contribution in [3.05, 3.63) is 65.3 Å². The molecule has 9 heteroatoms. The van der Waals surface area contributed by atoms with Gasteiger partial charge in [-0.25, -0.2) is 18.2 Å². The summed E-state index contributed by atoms with van der Waals surface area (Å²) >= 11 is 6.00. The summed E-state index contributed by atoms with van der Waals surface area (Å²) in [5.41, 5.74) is 2.35. The zero-order chi connectivity index (χ0) is 21.7. The van der Waals surface area contributed by atoms with Crippen molar-refractivity contribution < 1.29 is 13.2 Å². The Morgan fingerprint density at radius 3 is 2.37 bits per heavy atom. The SMILES string of the molecule is CCCCCNC(=O)c1cc(-c2ccc(Cl)cc2)n(-c2ccc(S(N)(=O)=O)cc2)n1. The number of unbranched alkanes of at least 4 members (excludes halogenated alkanes) is 2. The van der Waals surface area contributed by atoms with Gasteiger partial charge in [0.2, 0.25) is 10.0 Å². The Kier molecular flexibility index (Phi) is 6.91. The number of carbonyl (C=O) groups is 1. The van der Waals surface area contributed by atoms with Gasteiger partial charge in [0.05, 0.1) is 16.3 Å². The van der Waals surface area contributed by atoms with Crippen LogP contribution in [0, 0.1) is 0 Å². The van der Waals surface area contributed by atoms with Crippen molar-refractivity contribution in [2.24, 2.45) is 5.14 Å². The first-order valence-electron chi connectivity index (χ1n) is 9.57. The zero-order valence-electron chi connectivity index (χ0n) is 16.5. The van der Waals surface area contributed by atoms with Gasteiger partial charge >= 0.3 is 0 Å². The maximum Gasteiger partial charge on any atom is 0.271 e. The van der Waals surface area contributed by atoms with Crippen LogP contribution in [-0.4, -0.2) is 30.7 Å². The lowest BCUT2D eigenvalue weighted by Gasteiger charge is -2.08. The average Bonchev–Trinajstić information content (AvgIpc) is 3.16. The third kappa shape index (κ3) is 5.27. The van der Waals surface area contributed by atoms with E-state index in [1.807, 2.05) is 12.1 Å². The second kappa shape index (κ2) is 9.42. The third-order valence-electron chi connectivity index (χ3n) is 4.56. The van der Waals surface area contributed by atoms with Gasteiger partial charge in [-0.3, -0.25) is 4.79 Å². The second-order valence-electron chi connectivity index (χ2n) is 6.84. The molecule has 2 aromatic carbocycles. The Bertz CT molecular complexity index is 1120. The van der Waals surface area contributed by atoms with Gasteiger partial charge < -0.3 is 5.32 Å². The lowest BCUT2D eigenvalue weighted by atomic mass is 10.1. The molecule has 0 fully saturated rings. The smallest absolute Gasteiger partial charge is 0.271 e. The first-order chi connectivity index (χ1) is 14.3. The summed E-state index contributed by atoms with van der Waals surface area (Å²) in [4.78, 5) is 12.6. The van der Waals surface area contributed by atoms with Crippen LogP contribution in [0.15, 0.2) is 59.5 Å². The van der Waals surface area contributed by atoms with Crippen molar-refractivity contribution in [1.29, 1.82) is 0 Å². The number of carbonyl (C=O) groups excluding carboxylic acids is 1. The Labute approximate surface area is 180 Å². The number of rotatable bonds is 8. The summed E-state index contributed by atoms with van der Waals surface area (Å²) < 4.78 is 24.7. The molecule has 0 radical (unpaired) electrons. The van der Waals surface area contributed by atoms with E-state index in [2.05, 4.69) is 17.3 Å². The van der Waals surface area contributed by atoms with Gasteiger partial charge in [-0.15, -0.1) is 0 Å². The van der Waals surface area contributed by atoms with E-state index >= 15 is 0 Å². The maximum atomic E-state index is 12.6. The summed E-state index contributed by atoms with van der Waals surface area (Å²) in [5.74, 6) is -0.263. The number of halogens is 1. The topological polar surface area (TPSA) is 107 Å². The predicted molar refractivity (Wildman–Crippen MR) is 117 cm³/mol. The van der Waals surface area contributed by atoms with Crippen molar-refractivity contribution in [2.45, 2.75) is 31.1 Å². The first kappa shape index (κ1) is 22.0. The molecule has 7 nitrogen and oxygen atoms in total. The largest absolute Gasteiger partial charge is 0.351 e. The highest BCUT2D eigenvalue weighted by Gasteiger charge is 2.17. The standard InChI is InChI=1S/C21H23ClN4O3S/c1-2-3-4-13-24-21(27)19-14-20(15-5-7-16(22)8-6-15)26(25-19)17-9-11-18(12-10-17)30(23,28)29/h5-12,14H,2-4,13H2,1H3,(H,24,27)(H2,23,28,29). The lowest BCUT2D eigenvalue weighted by Crippen LogP contribution is -2.25. The fourth-order valence-electron chi connectivity index (χ4n) is 2.96. The number of hydrogen-bond donors (Lipinski definition) is 2. The van der Waals surface area contributed by atoms with Crippen molar-refractivity contribution >= 4 is 27.5 Å². The number of primary sulfonamides is 1. The van der Waals surface area contributed by atoms with Crippen LogP contribution in [0.1, 0.15) is 36.7 Å². The molecule has 0 aliphatic carbocycles. The maximum absolute atomic E-state index is 12.6. The van der Waals surface area contributed by atoms with Crippen LogP contribution in [0.3, 0.4) is 0 Å². The van der Waals surface area contributed by atoms with Crippen LogP contribution >= 0.6 is 11.6 Å². The van der Waals surface area contributed by atoms with E-state index in [9.17, 15) is 13.2 Å². The molecule has 0 saturated carbocycles. The van der Waals surface area contributed by atoms with Crippen LogP contribution in [-0.2, 0) is 10.0 Å². The van der Waals surface area contributed by atoms with E-state index in [1.165, 1.54) is 12.1 Å². The van der Waals surface area contributed by atoms with Gasteiger partial charge in [-0.2, -0.15) is 5.10 Å². The molecule has 3 aromatic rings. The van der Waals surface area contributed by atoms with Crippen molar-refractivity contribution in [1.82, 2.24) is 15.1 Å². The summed E-state index contributed by atoms with van der Waals surface area (Å²) in [7, 11) is -3.80. The summed E-state index contributed by atoms with van der Waals surface area (Å²) in [5, 5.41) is 13.1. The van der Waals surface area contributed by atoms with Gasteiger partial charge in [0.1, 0.15) is 0 Å². The molecule has 158 valence electrons. The minimum atomic E-state index is -3.80. The van der Waals surface area contributed by atoms with Crippen LogP contribution in [0.2, 0.25) is 5.02 Å². The first-order valence-corrected chi connectivity index (χ1v) is 11.5. The van der Waals surface area contributed by atoms with Crippen molar-refractivity contribution in [2.75, 3.05) is 6.54 Å². The molecule has 1 amide bonds. The Hall–Kier alpha value is -2.68. The Balaban J connectivity index is 1.98.